The zero-order valence-electron chi connectivity index (χ0n) is 8.60. The number of ether oxygens (including phenoxy) is 3. The molecule has 2 rings (SSSR count). The smallest absolute Gasteiger partial charge is 0.330 e. The van der Waals surface area contributed by atoms with E-state index in [9.17, 15) is 9.90 Å². The first-order chi connectivity index (χ1) is 7.72. The number of phenols is 1. The first-order valence-electron chi connectivity index (χ1n) is 4.60. The van der Waals surface area contributed by atoms with Gasteiger partial charge in [-0.2, -0.15) is 0 Å². The standard InChI is InChI=1S/C11H10O5/c1-14-10(13)5-2-7-8(12)3-4-9-11(7)16-6-15-9/h2-5,12H,6H2,1H3/b5-2+. The normalized spacial score (nSPS) is 13.1. The summed E-state index contributed by atoms with van der Waals surface area (Å²) in [4.78, 5) is 10.9. The van der Waals surface area contributed by atoms with Gasteiger partial charge in [-0.05, 0) is 18.2 Å². The molecule has 0 atom stereocenters. The maximum absolute atomic E-state index is 10.9. The summed E-state index contributed by atoms with van der Waals surface area (Å²) in [6.45, 7) is 0.109. The molecule has 1 aromatic rings. The SMILES string of the molecule is COC(=O)/C=C/c1c(O)ccc2c1OCO2. The Labute approximate surface area is 91.9 Å². The van der Waals surface area contributed by atoms with Gasteiger partial charge in [0.05, 0.1) is 12.7 Å². The van der Waals surface area contributed by atoms with Crippen molar-refractivity contribution in [2.24, 2.45) is 0 Å². The van der Waals surface area contributed by atoms with Crippen molar-refractivity contribution in [2.45, 2.75) is 0 Å². The van der Waals surface area contributed by atoms with Crippen LogP contribution in [0.25, 0.3) is 6.08 Å². The van der Waals surface area contributed by atoms with Crippen LogP contribution in [0.15, 0.2) is 18.2 Å². The molecule has 0 spiro atoms. The van der Waals surface area contributed by atoms with Crippen molar-refractivity contribution in [3.8, 4) is 17.2 Å². The third kappa shape index (κ3) is 1.79. The molecule has 5 nitrogen and oxygen atoms in total. The van der Waals surface area contributed by atoms with E-state index in [1.54, 1.807) is 6.07 Å². The van der Waals surface area contributed by atoms with E-state index in [4.69, 9.17) is 9.47 Å². The molecule has 0 unspecified atom stereocenters. The summed E-state index contributed by atoms with van der Waals surface area (Å²) in [5.41, 5.74) is 0.403. The molecule has 0 amide bonds. The molecule has 1 heterocycles. The molecule has 84 valence electrons. The summed E-state index contributed by atoms with van der Waals surface area (Å²) < 4.78 is 14.8. The van der Waals surface area contributed by atoms with Crippen LogP contribution in [0.2, 0.25) is 0 Å². The lowest BCUT2D eigenvalue weighted by atomic mass is 10.1. The molecule has 0 fully saturated rings. The fourth-order valence-electron chi connectivity index (χ4n) is 1.36. The summed E-state index contributed by atoms with van der Waals surface area (Å²) in [5.74, 6) is 0.489. The van der Waals surface area contributed by atoms with Crippen molar-refractivity contribution in [2.75, 3.05) is 13.9 Å². The van der Waals surface area contributed by atoms with E-state index in [-0.39, 0.29) is 12.5 Å². The zero-order valence-corrected chi connectivity index (χ0v) is 8.60. The lowest BCUT2D eigenvalue weighted by Gasteiger charge is -2.03. The Balaban J connectivity index is 2.37. The highest BCUT2D eigenvalue weighted by Crippen LogP contribution is 2.40. The zero-order chi connectivity index (χ0) is 11.5. The molecule has 0 saturated carbocycles. The van der Waals surface area contributed by atoms with Crippen LogP contribution in [0.1, 0.15) is 5.56 Å². The monoisotopic (exact) mass is 222 g/mol. The van der Waals surface area contributed by atoms with Crippen molar-refractivity contribution in [1.82, 2.24) is 0 Å². The van der Waals surface area contributed by atoms with Crippen LogP contribution in [0, 0.1) is 0 Å². The number of aromatic hydroxyl groups is 1. The molecule has 0 saturated heterocycles. The Morgan fingerprint density at radius 3 is 3.06 bits per heavy atom. The van der Waals surface area contributed by atoms with E-state index < -0.39 is 5.97 Å². The first kappa shape index (κ1) is 10.4. The fourth-order valence-corrected chi connectivity index (χ4v) is 1.36. The number of hydrogen-bond donors (Lipinski definition) is 1. The van der Waals surface area contributed by atoms with Gasteiger partial charge >= 0.3 is 5.97 Å². The summed E-state index contributed by atoms with van der Waals surface area (Å²) in [6.07, 6.45) is 2.63. The van der Waals surface area contributed by atoms with Crippen LogP contribution in [0.3, 0.4) is 0 Å². The molecule has 0 aliphatic carbocycles. The largest absolute Gasteiger partial charge is 0.507 e. The van der Waals surface area contributed by atoms with E-state index in [0.29, 0.717) is 17.1 Å². The number of methoxy groups -OCH3 is 1. The molecule has 0 aromatic heterocycles. The molecule has 1 aromatic carbocycles. The number of esters is 1. The Kier molecular flexibility index (Phi) is 2.68. The highest BCUT2D eigenvalue weighted by Gasteiger charge is 2.19. The van der Waals surface area contributed by atoms with Gasteiger partial charge in [0, 0.05) is 6.08 Å². The Bertz CT molecular complexity index is 450. The van der Waals surface area contributed by atoms with E-state index in [0.717, 1.165) is 0 Å². The predicted octanol–water partition coefficient (Wildman–Crippen LogP) is 1.31. The van der Waals surface area contributed by atoms with E-state index in [1.807, 2.05) is 0 Å². The number of carbonyl (C=O) groups excluding carboxylic acids is 1. The lowest BCUT2D eigenvalue weighted by Crippen LogP contribution is -1.95. The van der Waals surface area contributed by atoms with E-state index in [2.05, 4.69) is 4.74 Å². The lowest BCUT2D eigenvalue weighted by molar-refractivity contribution is -0.134. The third-order valence-corrected chi connectivity index (χ3v) is 2.14. The number of phenolic OH excluding ortho intramolecular Hbond substituents is 1. The van der Waals surface area contributed by atoms with Crippen LogP contribution >= 0.6 is 0 Å². The topological polar surface area (TPSA) is 65.0 Å². The number of rotatable bonds is 2. The van der Waals surface area contributed by atoms with Gasteiger partial charge in [-0.1, -0.05) is 0 Å². The average molecular weight is 222 g/mol. The van der Waals surface area contributed by atoms with Crippen LogP contribution in [-0.2, 0) is 9.53 Å². The summed E-state index contributed by atoms with van der Waals surface area (Å²) in [5, 5.41) is 9.62. The highest BCUT2D eigenvalue weighted by atomic mass is 16.7. The Morgan fingerprint density at radius 2 is 2.31 bits per heavy atom. The van der Waals surface area contributed by atoms with E-state index >= 15 is 0 Å². The molecular weight excluding hydrogens is 212 g/mol. The molecule has 1 N–H and O–H groups in total. The second-order valence-corrected chi connectivity index (χ2v) is 3.09. The fraction of sp³-hybridized carbons (Fsp3) is 0.182. The number of carbonyl (C=O) groups is 1. The Hall–Kier alpha value is -2.17. The van der Waals surface area contributed by atoms with Gasteiger partial charge in [-0.25, -0.2) is 4.79 Å². The minimum Gasteiger partial charge on any atom is -0.507 e. The number of benzene rings is 1. The van der Waals surface area contributed by atoms with Crippen LogP contribution < -0.4 is 9.47 Å². The third-order valence-electron chi connectivity index (χ3n) is 2.14. The van der Waals surface area contributed by atoms with Gasteiger partial charge in [0.25, 0.3) is 0 Å². The quantitative estimate of drug-likeness (QED) is 0.603. The van der Waals surface area contributed by atoms with Crippen molar-refractivity contribution < 1.29 is 24.1 Å². The maximum atomic E-state index is 10.9. The van der Waals surface area contributed by atoms with Gasteiger partial charge in [-0.15, -0.1) is 0 Å². The minimum absolute atomic E-state index is 0.0180. The molecule has 1 aliphatic heterocycles. The summed E-state index contributed by atoms with van der Waals surface area (Å²) in [7, 11) is 1.28. The Morgan fingerprint density at radius 1 is 1.50 bits per heavy atom. The molecule has 1 aliphatic rings. The predicted molar refractivity (Wildman–Crippen MR) is 55.3 cm³/mol. The summed E-state index contributed by atoms with van der Waals surface area (Å²) >= 11 is 0. The van der Waals surface area contributed by atoms with Crippen molar-refractivity contribution in [3.05, 3.63) is 23.8 Å². The molecular formula is C11H10O5. The first-order valence-corrected chi connectivity index (χ1v) is 4.60. The van der Waals surface area contributed by atoms with Gasteiger partial charge < -0.3 is 19.3 Å². The van der Waals surface area contributed by atoms with Crippen molar-refractivity contribution in [1.29, 1.82) is 0 Å². The molecule has 16 heavy (non-hydrogen) atoms. The van der Waals surface area contributed by atoms with Gasteiger partial charge in [0.15, 0.2) is 11.5 Å². The van der Waals surface area contributed by atoms with Crippen LogP contribution in [-0.4, -0.2) is 25.0 Å². The minimum atomic E-state index is -0.504. The summed E-state index contributed by atoms with van der Waals surface area (Å²) in [6, 6.07) is 3.08. The van der Waals surface area contributed by atoms with E-state index in [1.165, 1.54) is 25.3 Å². The second kappa shape index (κ2) is 4.14. The number of fused-ring (bicyclic) bond motifs is 1. The molecule has 5 heteroatoms. The van der Waals surface area contributed by atoms with Crippen LogP contribution in [0.5, 0.6) is 17.2 Å². The number of hydrogen-bond acceptors (Lipinski definition) is 5. The highest BCUT2D eigenvalue weighted by molar-refractivity contribution is 5.88. The molecule has 0 bridgehead atoms. The maximum Gasteiger partial charge on any atom is 0.330 e. The average Bonchev–Trinajstić information content (AvgIpc) is 2.75. The van der Waals surface area contributed by atoms with Gasteiger partial charge in [0.1, 0.15) is 5.75 Å². The second-order valence-electron chi connectivity index (χ2n) is 3.09. The van der Waals surface area contributed by atoms with Crippen molar-refractivity contribution >= 4 is 12.0 Å². The van der Waals surface area contributed by atoms with Gasteiger partial charge in [0.2, 0.25) is 6.79 Å². The van der Waals surface area contributed by atoms with Crippen LogP contribution in [0.4, 0.5) is 0 Å². The van der Waals surface area contributed by atoms with Crippen molar-refractivity contribution in [3.63, 3.8) is 0 Å². The molecule has 0 radical (unpaired) electrons. The van der Waals surface area contributed by atoms with Gasteiger partial charge in [-0.3, -0.25) is 0 Å².